The van der Waals surface area contributed by atoms with Gasteiger partial charge in [0.1, 0.15) is 22.3 Å². The number of furan rings is 2. The Labute approximate surface area is 348 Å². The van der Waals surface area contributed by atoms with E-state index in [9.17, 15) is 0 Å². The zero-order chi connectivity index (χ0) is 39.3. The van der Waals surface area contributed by atoms with E-state index >= 15 is 0 Å². The predicted molar refractivity (Wildman–Crippen MR) is 254 cm³/mol. The van der Waals surface area contributed by atoms with Gasteiger partial charge in [0.2, 0.25) is 0 Å². The second kappa shape index (κ2) is 12.9. The summed E-state index contributed by atoms with van der Waals surface area (Å²) in [5, 5.41) is 11.5. The molecule has 0 saturated heterocycles. The molecule has 0 bridgehead atoms. The van der Waals surface area contributed by atoms with Gasteiger partial charge in [-0.1, -0.05) is 152 Å². The minimum Gasteiger partial charge on any atom is -0.455 e. The Morgan fingerprint density at radius 3 is 1.75 bits per heavy atom. The van der Waals surface area contributed by atoms with Crippen LogP contribution < -0.4 is 4.90 Å². The monoisotopic (exact) mass is 783 g/mol. The smallest absolute Gasteiger partial charge is 0.143 e. The molecule has 13 rings (SSSR count). The molecule has 0 radical (unpaired) electrons. The Hall–Kier alpha value is -7.66. The van der Waals surface area contributed by atoms with Crippen LogP contribution in [0.5, 0.6) is 0 Å². The number of nitrogens with zero attached hydrogens (tertiary/aromatic N) is 1. The maximum atomic E-state index is 6.94. The first kappa shape index (κ1) is 33.3. The summed E-state index contributed by atoms with van der Waals surface area (Å²) >= 11 is 1.86. The van der Waals surface area contributed by atoms with Crippen molar-refractivity contribution in [2.45, 2.75) is 0 Å². The predicted octanol–water partition coefficient (Wildman–Crippen LogP) is 17.0. The van der Waals surface area contributed by atoms with Gasteiger partial charge in [0.15, 0.2) is 0 Å². The molecule has 0 amide bonds. The van der Waals surface area contributed by atoms with E-state index in [1.165, 1.54) is 31.3 Å². The molecule has 0 aliphatic rings. The average Bonchev–Trinajstić information content (AvgIpc) is 4.02. The van der Waals surface area contributed by atoms with Gasteiger partial charge in [-0.05, 0) is 70.4 Å². The molecule has 0 saturated carbocycles. The second-order valence-corrected chi connectivity index (χ2v) is 16.6. The van der Waals surface area contributed by atoms with Gasteiger partial charge in [0.05, 0.1) is 16.8 Å². The van der Waals surface area contributed by atoms with E-state index in [0.717, 1.165) is 93.6 Å². The molecular weight excluding hydrogens is 751 g/mol. The fourth-order valence-electron chi connectivity index (χ4n) is 9.53. The molecule has 280 valence electrons. The highest BCUT2D eigenvalue weighted by atomic mass is 32.1. The summed E-state index contributed by atoms with van der Waals surface area (Å²) in [5.41, 5.74) is 11.2. The number of benzene rings is 10. The van der Waals surface area contributed by atoms with Gasteiger partial charge in [0.25, 0.3) is 0 Å². The molecule has 3 nitrogen and oxygen atoms in total. The molecule has 0 aliphatic heterocycles. The van der Waals surface area contributed by atoms with Crippen LogP contribution in [0.25, 0.3) is 108 Å². The zero-order valence-corrected chi connectivity index (χ0v) is 33.0. The summed E-state index contributed by atoms with van der Waals surface area (Å²) in [4.78, 5) is 2.41. The maximum absolute atomic E-state index is 6.94. The van der Waals surface area contributed by atoms with Crippen LogP contribution in [0, 0.1) is 0 Å². The Morgan fingerprint density at radius 1 is 0.350 bits per heavy atom. The van der Waals surface area contributed by atoms with Crippen molar-refractivity contribution < 1.29 is 8.83 Å². The van der Waals surface area contributed by atoms with Gasteiger partial charge in [0, 0.05) is 63.9 Å². The highest BCUT2D eigenvalue weighted by Crippen LogP contribution is 2.49. The number of hydrogen-bond acceptors (Lipinski definition) is 4. The maximum Gasteiger partial charge on any atom is 0.143 e. The molecule has 0 fully saturated rings. The molecule has 0 atom stereocenters. The lowest BCUT2D eigenvalue weighted by atomic mass is 9.98. The minimum atomic E-state index is 0.848. The molecule has 60 heavy (non-hydrogen) atoms. The van der Waals surface area contributed by atoms with Gasteiger partial charge in [-0.25, -0.2) is 0 Å². The van der Waals surface area contributed by atoms with E-state index in [1.54, 1.807) is 0 Å². The van der Waals surface area contributed by atoms with Crippen LogP contribution in [0.15, 0.2) is 209 Å². The van der Waals surface area contributed by atoms with E-state index in [0.29, 0.717) is 0 Å². The van der Waals surface area contributed by atoms with Crippen LogP contribution in [0.4, 0.5) is 17.1 Å². The van der Waals surface area contributed by atoms with Crippen LogP contribution in [0.1, 0.15) is 0 Å². The lowest BCUT2D eigenvalue weighted by Gasteiger charge is -2.28. The van der Waals surface area contributed by atoms with Crippen molar-refractivity contribution in [2.24, 2.45) is 0 Å². The van der Waals surface area contributed by atoms with E-state index in [1.807, 2.05) is 11.3 Å². The quantitative estimate of drug-likeness (QED) is 0.174. The minimum absolute atomic E-state index is 0.848. The van der Waals surface area contributed by atoms with Crippen molar-refractivity contribution in [3.8, 4) is 22.3 Å². The fraction of sp³-hybridized carbons (Fsp3) is 0. The number of rotatable bonds is 5. The van der Waals surface area contributed by atoms with E-state index in [-0.39, 0.29) is 0 Å². The normalized spacial score (nSPS) is 12.0. The Kier molecular flexibility index (Phi) is 7.18. The number of anilines is 3. The van der Waals surface area contributed by atoms with Crippen molar-refractivity contribution in [1.29, 1.82) is 0 Å². The lowest BCUT2D eigenvalue weighted by Crippen LogP contribution is -2.11. The topological polar surface area (TPSA) is 29.5 Å². The molecule has 10 aromatic carbocycles. The van der Waals surface area contributed by atoms with E-state index in [4.69, 9.17) is 8.83 Å². The molecular formula is C56H33NO2S. The first-order chi connectivity index (χ1) is 29.8. The van der Waals surface area contributed by atoms with Gasteiger partial charge in [-0.3, -0.25) is 0 Å². The number of fused-ring (bicyclic) bond motifs is 13. The van der Waals surface area contributed by atoms with Gasteiger partial charge >= 0.3 is 0 Å². The Morgan fingerprint density at radius 2 is 0.933 bits per heavy atom. The summed E-state index contributed by atoms with van der Waals surface area (Å²) < 4.78 is 16.3. The van der Waals surface area contributed by atoms with Gasteiger partial charge in [-0.15, -0.1) is 11.3 Å². The number of para-hydroxylation sites is 2. The highest BCUT2D eigenvalue weighted by molar-refractivity contribution is 7.26. The third-order valence-electron chi connectivity index (χ3n) is 12.3. The van der Waals surface area contributed by atoms with E-state index in [2.05, 4.69) is 205 Å². The molecule has 3 heterocycles. The zero-order valence-electron chi connectivity index (χ0n) is 32.2. The van der Waals surface area contributed by atoms with Crippen LogP contribution in [-0.4, -0.2) is 0 Å². The van der Waals surface area contributed by atoms with Crippen molar-refractivity contribution in [2.75, 3.05) is 4.90 Å². The second-order valence-electron chi connectivity index (χ2n) is 15.5. The lowest BCUT2D eigenvalue weighted by molar-refractivity contribution is 0.672. The molecule has 0 spiro atoms. The van der Waals surface area contributed by atoms with E-state index < -0.39 is 0 Å². The van der Waals surface area contributed by atoms with Crippen LogP contribution in [0.2, 0.25) is 0 Å². The van der Waals surface area contributed by atoms with Gasteiger partial charge < -0.3 is 13.7 Å². The summed E-state index contributed by atoms with van der Waals surface area (Å²) in [5.74, 6) is 0. The SMILES string of the molecule is c1ccc(N(c2ccc(-c3cccc4c3sc3ccccc34)cc2)c2cccc3oc4c5ccccc5ccc4c23)c(-c2cccc3c2oc2c4ccccc4ccc32)c1. The summed E-state index contributed by atoms with van der Waals surface area (Å²) in [6.45, 7) is 0. The third kappa shape index (κ3) is 4.89. The van der Waals surface area contributed by atoms with Crippen LogP contribution in [-0.2, 0) is 0 Å². The summed E-state index contributed by atoms with van der Waals surface area (Å²) in [6, 6.07) is 71.9. The Balaban J connectivity index is 1.06. The number of thiophene rings is 1. The van der Waals surface area contributed by atoms with Crippen LogP contribution >= 0.6 is 11.3 Å². The standard InChI is InChI=1S/C56H33NO2S/c1-3-14-38-34(12-1)28-32-45-44-20-10-19-43(55(44)59-53(38)45)41-16-5-7-22-48(41)57(49-23-11-24-50-52(49)47-33-29-35-13-2-4-15-39(35)54(47)58-50)37-30-26-36(27-31-37)40-18-9-21-46-42-17-6-8-25-51(42)60-56(40)46/h1-33H. The molecule has 4 heteroatoms. The molecule has 0 N–H and O–H groups in total. The largest absolute Gasteiger partial charge is 0.455 e. The van der Waals surface area contributed by atoms with Crippen molar-refractivity contribution in [3.05, 3.63) is 200 Å². The first-order valence-corrected chi connectivity index (χ1v) is 21.1. The summed E-state index contributed by atoms with van der Waals surface area (Å²) in [7, 11) is 0. The fourth-order valence-corrected chi connectivity index (χ4v) is 10.8. The highest BCUT2D eigenvalue weighted by Gasteiger charge is 2.24. The first-order valence-electron chi connectivity index (χ1n) is 20.3. The van der Waals surface area contributed by atoms with Gasteiger partial charge in [-0.2, -0.15) is 0 Å². The summed E-state index contributed by atoms with van der Waals surface area (Å²) in [6.07, 6.45) is 0. The molecule has 13 aromatic rings. The van der Waals surface area contributed by atoms with Crippen molar-refractivity contribution >= 4 is 114 Å². The molecule has 3 aromatic heterocycles. The van der Waals surface area contributed by atoms with Crippen LogP contribution in [0.3, 0.4) is 0 Å². The Bertz CT molecular complexity index is 3850. The van der Waals surface area contributed by atoms with Crippen molar-refractivity contribution in [3.63, 3.8) is 0 Å². The number of hydrogen-bond donors (Lipinski definition) is 0. The molecule has 0 aliphatic carbocycles. The third-order valence-corrected chi connectivity index (χ3v) is 13.5. The average molecular weight is 784 g/mol. The van der Waals surface area contributed by atoms with Crippen molar-refractivity contribution in [1.82, 2.24) is 0 Å². The molecule has 0 unspecified atom stereocenters.